The summed E-state index contributed by atoms with van der Waals surface area (Å²) in [5.41, 5.74) is 1.73. The molecule has 0 aliphatic carbocycles. The second-order valence-electron chi connectivity index (χ2n) is 2.87. The van der Waals surface area contributed by atoms with Gasteiger partial charge in [0.25, 0.3) is 0 Å². The third kappa shape index (κ3) is 2.75. The summed E-state index contributed by atoms with van der Waals surface area (Å²) in [6.45, 7) is 4.53. The SMILES string of the molecule is CCCC1=C(CCC)SSC1. The first kappa shape index (κ1) is 9.53. The smallest absolute Gasteiger partial charge is 0.0262 e. The van der Waals surface area contributed by atoms with E-state index in [1.807, 2.05) is 21.6 Å². The summed E-state index contributed by atoms with van der Waals surface area (Å²) in [6, 6.07) is 0. The molecule has 0 saturated heterocycles. The molecule has 0 saturated carbocycles. The van der Waals surface area contributed by atoms with Gasteiger partial charge in [0.05, 0.1) is 0 Å². The highest BCUT2D eigenvalue weighted by molar-refractivity contribution is 8.78. The summed E-state index contributed by atoms with van der Waals surface area (Å²) in [5, 5.41) is 0. The summed E-state index contributed by atoms with van der Waals surface area (Å²) >= 11 is 0. The van der Waals surface area contributed by atoms with Gasteiger partial charge in [0.15, 0.2) is 0 Å². The molecule has 1 aliphatic heterocycles. The molecule has 0 N–H and O–H groups in total. The van der Waals surface area contributed by atoms with E-state index in [4.69, 9.17) is 0 Å². The average Bonchev–Trinajstić information content (AvgIpc) is 2.39. The number of hydrogen-bond acceptors (Lipinski definition) is 2. The van der Waals surface area contributed by atoms with Gasteiger partial charge < -0.3 is 0 Å². The molecule has 0 atom stereocenters. The number of rotatable bonds is 4. The zero-order chi connectivity index (χ0) is 8.10. The summed E-state index contributed by atoms with van der Waals surface area (Å²) in [6.07, 6.45) is 5.25. The molecule has 0 aromatic heterocycles. The van der Waals surface area contributed by atoms with Crippen LogP contribution >= 0.6 is 21.6 Å². The zero-order valence-corrected chi connectivity index (χ0v) is 8.99. The molecule has 64 valence electrons. The molecule has 1 aliphatic rings. The van der Waals surface area contributed by atoms with E-state index in [9.17, 15) is 0 Å². The van der Waals surface area contributed by atoms with Crippen molar-refractivity contribution in [3.05, 3.63) is 10.5 Å². The first-order chi connectivity index (χ1) is 5.38. The van der Waals surface area contributed by atoms with Crippen molar-refractivity contribution < 1.29 is 0 Å². The third-order valence-electron chi connectivity index (χ3n) is 1.82. The van der Waals surface area contributed by atoms with E-state index < -0.39 is 0 Å². The van der Waals surface area contributed by atoms with Gasteiger partial charge in [0, 0.05) is 5.75 Å². The summed E-state index contributed by atoms with van der Waals surface area (Å²) in [4.78, 5) is 1.68. The molecule has 11 heavy (non-hydrogen) atoms. The fourth-order valence-electron chi connectivity index (χ4n) is 1.27. The van der Waals surface area contributed by atoms with E-state index in [1.54, 1.807) is 10.5 Å². The molecule has 0 bridgehead atoms. The molecular weight excluding hydrogens is 172 g/mol. The second kappa shape index (κ2) is 5.15. The van der Waals surface area contributed by atoms with Gasteiger partial charge in [-0.25, -0.2) is 0 Å². The standard InChI is InChI=1S/C9H16S2/c1-3-5-8-7-10-11-9(8)6-4-2/h3-7H2,1-2H3. The minimum absolute atomic E-state index is 1.29. The van der Waals surface area contributed by atoms with Crippen LogP contribution in [-0.2, 0) is 0 Å². The fraction of sp³-hybridized carbons (Fsp3) is 0.778. The highest BCUT2D eigenvalue weighted by atomic mass is 33.1. The van der Waals surface area contributed by atoms with Crippen LogP contribution in [0.5, 0.6) is 0 Å². The molecule has 0 aromatic rings. The van der Waals surface area contributed by atoms with Gasteiger partial charge >= 0.3 is 0 Å². The van der Waals surface area contributed by atoms with Crippen molar-refractivity contribution in [2.75, 3.05) is 5.75 Å². The first-order valence-electron chi connectivity index (χ1n) is 4.38. The van der Waals surface area contributed by atoms with Gasteiger partial charge in [0.2, 0.25) is 0 Å². The topological polar surface area (TPSA) is 0 Å². The van der Waals surface area contributed by atoms with E-state index in [-0.39, 0.29) is 0 Å². The molecule has 0 spiro atoms. The van der Waals surface area contributed by atoms with E-state index in [0.717, 1.165) is 0 Å². The van der Waals surface area contributed by atoms with Crippen molar-refractivity contribution in [3.63, 3.8) is 0 Å². The fourth-order valence-corrected chi connectivity index (χ4v) is 4.24. The van der Waals surface area contributed by atoms with Crippen LogP contribution < -0.4 is 0 Å². The van der Waals surface area contributed by atoms with Crippen molar-refractivity contribution in [2.45, 2.75) is 39.5 Å². The second-order valence-corrected chi connectivity index (χ2v) is 5.26. The summed E-state index contributed by atoms with van der Waals surface area (Å²) in [5.74, 6) is 1.29. The minimum atomic E-state index is 1.29. The number of allylic oxidation sites excluding steroid dienone is 1. The molecule has 0 radical (unpaired) electrons. The maximum absolute atomic E-state index is 2.27. The Hall–Kier alpha value is 0.440. The molecule has 2 heteroatoms. The predicted octanol–water partition coefficient (Wildman–Crippen LogP) is 4.24. The van der Waals surface area contributed by atoms with E-state index >= 15 is 0 Å². The van der Waals surface area contributed by atoms with Crippen molar-refractivity contribution in [3.8, 4) is 0 Å². The molecule has 0 amide bonds. The van der Waals surface area contributed by atoms with Crippen molar-refractivity contribution >= 4 is 21.6 Å². The van der Waals surface area contributed by atoms with Crippen LogP contribution in [0.25, 0.3) is 0 Å². The van der Waals surface area contributed by atoms with Crippen molar-refractivity contribution in [1.82, 2.24) is 0 Å². The lowest BCUT2D eigenvalue weighted by Crippen LogP contribution is -1.85. The normalized spacial score (nSPS) is 18.0. The van der Waals surface area contributed by atoms with Crippen molar-refractivity contribution in [1.29, 1.82) is 0 Å². The molecular formula is C9H16S2. The van der Waals surface area contributed by atoms with Gasteiger partial charge in [-0.3, -0.25) is 0 Å². The van der Waals surface area contributed by atoms with Crippen LogP contribution in [0, 0.1) is 0 Å². The van der Waals surface area contributed by atoms with E-state index in [1.165, 1.54) is 31.4 Å². The van der Waals surface area contributed by atoms with Gasteiger partial charge in [-0.2, -0.15) is 0 Å². The van der Waals surface area contributed by atoms with E-state index in [0.29, 0.717) is 0 Å². The largest absolute Gasteiger partial charge is 0.0848 e. The van der Waals surface area contributed by atoms with Crippen LogP contribution in [0.4, 0.5) is 0 Å². The minimum Gasteiger partial charge on any atom is -0.0848 e. The average molecular weight is 188 g/mol. The lowest BCUT2D eigenvalue weighted by atomic mass is 10.1. The van der Waals surface area contributed by atoms with Crippen LogP contribution in [0.15, 0.2) is 10.5 Å². The quantitative estimate of drug-likeness (QED) is 0.605. The van der Waals surface area contributed by atoms with Gasteiger partial charge in [-0.1, -0.05) is 48.3 Å². The van der Waals surface area contributed by atoms with Gasteiger partial charge in [-0.05, 0) is 23.3 Å². The van der Waals surface area contributed by atoms with E-state index in [2.05, 4.69) is 13.8 Å². The zero-order valence-electron chi connectivity index (χ0n) is 7.35. The van der Waals surface area contributed by atoms with Crippen molar-refractivity contribution in [2.24, 2.45) is 0 Å². The molecule has 1 rings (SSSR count). The van der Waals surface area contributed by atoms with Gasteiger partial charge in [0.1, 0.15) is 0 Å². The van der Waals surface area contributed by atoms with Crippen LogP contribution in [0.2, 0.25) is 0 Å². The summed E-state index contributed by atoms with van der Waals surface area (Å²) in [7, 11) is 4.02. The third-order valence-corrected chi connectivity index (χ3v) is 4.40. The Balaban J connectivity index is 2.47. The lowest BCUT2D eigenvalue weighted by molar-refractivity contribution is 0.874. The Bertz CT molecular complexity index is 134. The Kier molecular flexibility index (Phi) is 4.46. The number of hydrogen-bond donors (Lipinski definition) is 0. The predicted molar refractivity (Wildman–Crippen MR) is 56.9 cm³/mol. The summed E-state index contributed by atoms with van der Waals surface area (Å²) < 4.78 is 0. The highest BCUT2D eigenvalue weighted by Gasteiger charge is 2.13. The van der Waals surface area contributed by atoms with Crippen LogP contribution in [0.1, 0.15) is 39.5 Å². The Morgan fingerprint density at radius 2 is 1.91 bits per heavy atom. The first-order valence-corrected chi connectivity index (χ1v) is 6.70. The maximum atomic E-state index is 2.27. The van der Waals surface area contributed by atoms with Crippen LogP contribution in [0.3, 0.4) is 0 Å². The molecule has 0 aromatic carbocycles. The highest BCUT2D eigenvalue weighted by Crippen LogP contribution is 2.44. The monoisotopic (exact) mass is 188 g/mol. The molecule has 0 fully saturated rings. The van der Waals surface area contributed by atoms with Gasteiger partial charge in [-0.15, -0.1) is 0 Å². The Morgan fingerprint density at radius 1 is 1.18 bits per heavy atom. The molecule has 0 nitrogen and oxygen atoms in total. The molecule has 1 heterocycles. The maximum Gasteiger partial charge on any atom is 0.0262 e. The van der Waals surface area contributed by atoms with Crippen LogP contribution in [-0.4, -0.2) is 5.75 Å². The Labute approximate surface area is 77.6 Å². The Morgan fingerprint density at radius 3 is 2.55 bits per heavy atom. The lowest BCUT2D eigenvalue weighted by Gasteiger charge is -2.01. The molecule has 0 unspecified atom stereocenters.